The van der Waals surface area contributed by atoms with E-state index in [0.717, 1.165) is 6.42 Å². The lowest BCUT2D eigenvalue weighted by atomic mass is 9.94. The van der Waals surface area contributed by atoms with Gasteiger partial charge in [-0.2, -0.15) is 0 Å². The van der Waals surface area contributed by atoms with Crippen LogP contribution in [0.2, 0.25) is 0 Å². The van der Waals surface area contributed by atoms with Crippen molar-refractivity contribution in [3.8, 4) is 0 Å². The second-order valence-corrected chi connectivity index (χ2v) is 4.22. The molecule has 84 valence electrons. The Balaban J connectivity index is 2.19. The smallest absolute Gasteiger partial charge is 0.337 e. The minimum Gasteiger partial charge on any atom is -0.465 e. The van der Waals surface area contributed by atoms with Gasteiger partial charge >= 0.3 is 5.97 Å². The maximum Gasteiger partial charge on any atom is 0.337 e. The van der Waals surface area contributed by atoms with Gasteiger partial charge in [0.05, 0.1) is 12.7 Å². The third-order valence-electron chi connectivity index (χ3n) is 3.22. The third kappa shape index (κ3) is 2.01. The van der Waals surface area contributed by atoms with E-state index in [-0.39, 0.29) is 5.97 Å². The fourth-order valence-corrected chi connectivity index (χ4v) is 2.28. The molecule has 0 aromatic heterocycles. The van der Waals surface area contributed by atoms with Gasteiger partial charge in [0.25, 0.3) is 0 Å². The summed E-state index contributed by atoms with van der Waals surface area (Å²) in [5.74, 6) is 0.198. The van der Waals surface area contributed by atoms with Gasteiger partial charge < -0.3 is 4.74 Å². The molecule has 0 spiro atoms. The zero-order chi connectivity index (χ0) is 11.5. The molecule has 0 amide bonds. The second kappa shape index (κ2) is 4.52. The van der Waals surface area contributed by atoms with Crippen molar-refractivity contribution in [2.75, 3.05) is 7.11 Å². The van der Waals surface area contributed by atoms with Crippen molar-refractivity contribution in [1.29, 1.82) is 0 Å². The Morgan fingerprint density at radius 3 is 2.56 bits per heavy atom. The number of carbonyl (C=O) groups excluding carboxylic acids is 1. The highest BCUT2D eigenvalue weighted by Gasteiger charge is 2.20. The van der Waals surface area contributed by atoms with Gasteiger partial charge in [0.2, 0.25) is 0 Å². The van der Waals surface area contributed by atoms with Gasteiger partial charge in [-0.15, -0.1) is 0 Å². The van der Waals surface area contributed by atoms with Crippen molar-refractivity contribution < 1.29 is 9.53 Å². The standard InChI is InChI=1S/C14H16O2/c1-10-4-3-5-13(10)11-6-8-12(9-7-11)14(15)16-2/h6-9,13H,1,3-5H2,2H3. The maximum absolute atomic E-state index is 11.3. The molecule has 1 atom stereocenters. The van der Waals surface area contributed by atoms with Gasteiger partial charge in [0, 0.05) is 5.92 Å². The number of hydrogen-bond acceptors (Lipinski definition) is 2. The average molecular weight is 216 g/mol. The Hall–Kier alpha value is -1.57. The first-order valence-electron chi connectivity index (χ1n) is 5.58. The fourth-order valence-electron chi connectivity index (χ4n) is 2.28. The van der Waals surface area contributed by atoms with Gasteiger partial charge in [0.15, 0.2) is 0 Å². The molecule has 1 aromatic rings. The third-order valence-corrected chi connectivity index (χ3v) is 3.22. The summed E-state index contributed by atoms with van der Waals surface area (Å²) >= 11 is 0. The average Bonchev–Trinajstić information content (AvgIpc) is 2.75. The first-order chi connectivity index (χ1) is 7.72. The molecule has 0 bridgehead atoms. The molecular formula is C14H16O2. The van der Waals surface area contributed by atoms with E-state index in [1.54, 1.807) is 0 Å². The lowest BCUT2D eigenvalue weighted by Crippen LogP contribution is -2.02. The zero-order valence-electron chi connectivity index (χ0n) is 9.53. The number of esters is 1. The van der Waals surface area contributed by atoms with Crippen LogP contribution in [0.1, 0.15) is 41.1 Å². The van der Waals surface area contributed by atoms with E-state index in [0.29, 0.717) is 11.5 Å². The SMILES string of the molecule is C=C1CCCC1c1ccc(C(=O)OC)cc1. The summed E-state index contributed by atoms with van der Waals surface area (Å²) in [6.45, 7) is 4.09. The van der Waals surface area contributed by atoms with Crippen LogP contribution in [-0.2, 0) is 4.74 Å². The van der Waals surface area contributed by atoms with Crippen molar-refractivity contribution in [1.82, 2.24) is 0 Å². The second-order valence-electron chi connectivity index (χ2n) is 4.22. The van der Waals surface area contributed by atoms with Crippen molar-refractivity contribution >= 4 is 5.97 Å². The summed E-state index contributed by atoms with van der Waals surface area (Å²) in [5, 5.41) is 0. The number of allylic oxidation sites excluding steroid dienone is 1. The minimum atomic E-state index is -0.281. The normalized spacial score (nSPS) is 19.8. The molecule has 1 unspecified atom stereocenters. The summed E-state index contributed by atoms with van der Waals surface area (Å²) in [5.41, 5.74) is 3.18. The lowest BCUT2D eigenvalue weighted by molar-refractivity contribution is 0.0600. The maximum atomic E-state index is 11.3. The molecule has 2 nitrogen and oxygen atoms in total. The molecule has 0 heterocycles. The van der Waals surface area contributed by atoms with Crippen LogP contribution >= 0.6 is 0 Å². The predicted molar refractivity (Wildman–Crippen MR) is 63.5 cm³/mol. The Bertz CT molecular complexity index is 403. The number of ether oxygens (including phenoxy) is 1. The number of hydrogen-bond donors (Lipinski definition) is 0. The Labute approximate surface area is 95.9 Å². The highest BCUT2D eigenvalue weighted by Crippen LogP contribution is 2.37. The minimum absolute atomic E-state index is 0.281. The van der Waals surface area contributed by atoms with Crippen LogP contribution in [-0.4, -0.2) is 13.1 Å². The van der Waals surface area contributed by atoms with Crippen LogP contribution in [0.5, 0.6) is 0 Å². The molecule has 2 rings (SSSR count). The van der Waals surface area contributed by atoms with Gasteiger partial charge in [-0.3, -0.25) is 0 Å². The highest BCUT2D eigenvalue weighted by atomic mass is 16.5. The van der Waals surface area contributed by atoms with E-state index < -0.39 is 0 Å². The van der Waals surface area contributed by atoms with Crippen LogP contribution in [0.4, 0.5) is 0 Å². The number of rotatable bonds is 2. The van der Waals surface area contributed by atoms with Crippen molar-refractivity contribution in [2.45, 2.75) is 25.2 Å². The van der Waals surface area contributed by atoms with E-state index in [4.69, 9.17) is 0 Å². The van der Waals surface area contributed by atoms with Gasteiger partial charge in [0.1, 0.15) is 0 Å². The first-order valence-corrected chi connectivity index (χ1v) is 5.58. The van der Waals surface area contributed by atoms with E-state index in [1.165, 1.54) is 31.1 Å². The van der Waals surface area contributed by atoms with Crippen molar-refractivity contribution in [2.24, 2.45) is 0 Å². The van der Waals surface area contributed by atoms with Gasteiger partial charge in [-0.25, -0.2) is 4.79 Å². The predicted octanol–water partition coefficient (Wildman–Crippen LogP) is 3.30. The summed E-state index contributed by atoms with van der Waals surface area (Å²) in [6.07, 6.45) is 3.53. The Morgan fingerprint density at radius 2 is 2.06 bits per heavy atom. The molecule has 1 aliphatic carbocycles. The molecule has 0 N–H and O–H groups in total. The molecule has 1 saturated carbocycles. The molecule has 0 radical (unpaired) electrons. The van der Waals surface area contributed by atoms with E-state index in [1.807, 2.05) is 24.3 Å². The first kappa shape index (κ1) is 10.9. The Morgan fingerprint density at radius 1 is 1.38 bits per heavy atom. The molecular weight excluding hydrogens is 200 g/mol. The topological polar surface area (TPSA) is 26.3 Å². The van der Waals surface area contributed by atoms with Crippen LogP contribution in [0, 0.1) is 0 Å². The van der Waals surface area contributed by atoms with Gasteiger partial charge in [-0.1, -0.05) is 24.3 Å². The van der Waals surface area contributed by atoms with Crippen LogP contribution in [0.15, 0.2) is 36.4 Å². The number of carbonyl (C=O) groups is 1. The molecule has 0 saturated heterocycles. The Kier molecular flexibility index (Phi) is 3.09. The summed E-state index contributed by atoms with van der Waals surface area (Å²) in [6, 6.07) is 7.67. The number of benzene rings is 1. The largest absolute Gasteiger partial charge is 0.465 e. The molecule has 16 heavy (non-hydrogen) atoms. The molecule has 1 fully saturated rings. The summed E-state index contributed by atoms with van der Waals surface area (Å²) in [7, 11) is 1.40. The quantitative estimate of drug-likeness (QED) is 0.560. The fraction of sp³-hybridized carbons (Fsp3) is 0.357. The molecule has 1 aromatic carbocycles. The summed E-state index contributed by atoms with van der Waals surface area (Å²) in [4.78, 5) is 11.3. The van der Waals surface area contributed by atoms with E-state index in [2.05, 4.69) is 11.3 Å². The molecule has 1 aliphatic rings. The number of methoxy groups -OCH3 is 1. The van der Waals surface area contributed by atoms with Crippen molar-refractivity contribution in [3.05, 3.63) is 47.5 Å². The highest BCUT2D eigenvalue weighted by molar-refractivity contribution is 5.89. The van der Waals surface area contributed by atoms with E-state index >= 15 is 0 Å². The van der Waals surface area contributed by atoms with Crippen LogP contribution in [0.3, 0.4) is 0 Å². The zero-order valence-corrected chi connectivity index (χ0v) is 9.53. The van der Waals surface area contributed by atoms with Crippen LogP contribution in [0.25, 0.3) is 0 Å². The molecule has 0 aliphatic heterocycles. The monoisotopic (exact) mass is 216 g/mol. The molecule has 2 heteroatoms. The lowest BCUT2D eigenvalue weighted by Gasteiger charge is -2.11. The van der Waals surface area contributed by atoms with Crippen LogP contribution < -0.4 is 0 Å². The summed E-state index contributed by atoms with van der Waals surface area (Å²) < 4.78 is 4.67. The van der Waals surface area contributed by atoms with Gasteiger partial charge in [-0.05, 0) is 37.0 Å². The van der Waals surface area contributed by atoms with E-state index in [9.17, 15) is 4.79 Å². The van der Waals surface area contributed by atoms with Crippen molar-refractivity contribution in [3.63, 3.8) is 0 Å².